The molecule has 0 saturated heterocycles. The molecule has 14 heteroatoms. The van der Waals surface area contributed by atoms with Crippen molar-refractivity contribution in [3.05, 3.63) is 564 Å². The van der Waals surface area contributed by atoms with Crippen LogP contribution in [0.3, 0.4) is 0 Å². The fraction of sp³-hybridized carbons (Fsp3) is 0.0294. The van der Waals surface area contributed by atoms with Crippen LogP contribution in [0.1, 0.15) is 90.4 Å². The maximum atomic E-state index is 5.40. The Labute approximate surface area is 864 Å². The Morgan fingerprint density at radius 2 is 0.333 bits per heavy atom. The van der Waals surface area contributed by atoms with Gasteiger partial charge in [0.15, 0.2) is 69.9 Å². The summed E-state index contributed by atoms with van der Waals surface area (Å²) in [5.74, 6) is 7.66. The van der Waals surface area contributed by atoms with Crippen molar-refractivity contribution < 1.29 is 0 Å². The van der Waals surface area contributed by atoms with Gasteiger partial charge in [-0.25, -0.2) is 59.8 Å². The van der Waals surface area contributed by atoms with Crippen molar-refractivity contribution in [3.63, 3.8) is 0 Å². The highest BCUT2D eigenvalue weighted by Gasteiger charge is 2.44. The Balaban J connectivity index is 0.000000141. The second kappa shape index (κ2) is 36.1. The number of fused-ring (bicyclic) bond motifs is 6. The maximum absolute atomic E-state index is 5.40. The van der Waals surface area contributed by atoms with Crippen LogP contribution in [0.5, 0.6) is 0 Å². The first-order valence-corrected chi connectivity index (χ1v) is 50.8. The van der Waals surface area contributed by atoms with Gasteiger partial charge in [-0.05, 0) is 180 Å². The first-order valence-electron chi connectivity index (χ1n) is 50.8. The molecule has 32 rings (SSSR count). The molecule has 4 unspecified atom stereocenters. The lowest BCUT2D eigenvalue weighted by atomic mass is 9.61. The molecular weight excluding hydrogens is 1830 g/mol. The van der Waals surface area contributed by atoms with E-state index in [1.165, 1.54) is 105 Å². The minimum atomic E-state index is 0.00157. The lowest BCUT2D eigenvalue weighted by Crippen LogP contribution is -2.27. The largest absolute Gasteiger partial charge is 0.309 e. The van der Waals surface area contributed by atoms with Crippen LogP contribution in [0, 0.1) is 0 Å². The van der Waals surface area contributed by atoms with Gasteiger partial charge in [-0.15, -0.1) is 0 Å². The lowest BCUT2D eigenvalue weighted by Gasteiger charge is -2.42. The molecule has 0 fully saturated rings. The summed E-state index contributed by atoms with van der Waals surface area (Å²) in [7, 11) is 0. The highest BCUT2D eigenvalue weighted by atomic mass is 15.1. The summed E-state index contributed by atoms with van der Waals surface area (Å²) in [6.07, 6.45) is 0. The molecule has 0 amide bonds. The SMILES string of the molecule is c1ccc(-c2nc(-c3ccccc3)nc(-c3ccc4c(c3)C3c5ccccc5C4c4cc(-c5nc(-c6ccccc6)nc(-c6cccc(-c7ccc8c(c7)c7ccccc7n8-c7ccccc7)c6)n5)ccc43)n2)cc1.c1ccc(-c2nc(-c3ccccc3)nc(-c3ccc4c(c3)C3c5ccccc5C4c4cc(-c5nc(-c6ccccc6)nc(-c6ccccc6-c6ccc7c(c6)c6ccccc6n7-c6ccccc6)n5)ccc43)n2)cc1. The van der Waals surface area contributed by atoms with Gasteiger partial charge in [0.05, 0.1) is 22.1 Å². The number of aromatic nitrogens is 14. The van der Waals surface area contributed by atoms with E-state index in [2.05, 4.69) is 397 Å². The van der Waals surface area contributed by atoms with Gasteiger partial charge in [-0.3, -0.25) is 0 Å². The summed E-state index contributed by atoms with van der Waals surface area (Å²) >= 11 is 0. The van der Waals surface area contributed by atoms with Crippen LogP contribution in [0.15, 0.2) is 497 Å². The molecule has 0 saturated carbocycles. The summed E-state index contributed by atoms with van der Waals surface area (Å²) in [5, 5.41) is 4.81. The molecule has 150 heavy (non-hydrogen) atoms. The van der Waals surface area contributed by atoms with Crippen LogP contribution in [-0.2, 0) is 0 Å². The van der Waals surface area contributed by atoms with E-state index >= 15 is 0 Å². The zero-order valence-electron chi connectivity index (χ0n) is 80.9. The van der Waals surface area contributed by atoms with Crippen LogP contribution in [0.4, 0.5) is 0 Å². The van der Waals surface area contributed by atoms with Crippen molar-refractivity contribution in [2.45, 2.75) is 23.7 Å². The summed E-state index contributed by atoms with van der Waals surface area (Å²) in [5.41, 5.74) is 38.1. The predicted octanol–water partition coefficient (Wildman–Crippen LogP) is 31.6. The molecule has 20 aromatic carbocycles. The minimum absolute atomic E-state index is 0.00157. The summed E-state index contributed by atoms with van der Waals surface area (Å²) in [6.45, 7) is 0. The molecule has 0 spiro atoms. The van der Waals surface area contributed by atoms with Gasteiger partial charge in [0.1, 0.15) is 0 Å². The van der Waals surface area contributed by atoms with E-state index in [4.69, 9.17) is 59.8 Å². The van der Waals surface area contributed by atoms with Gasteiger partial charge < -0.3 is 9.13 Å². The molecule has 700 valence electrons. The van der Waals surface area contributed by atoms with E-state index < -0.39 is 0 Å². The Morgan fingerprint density at radius 1 is 0.120 bits per heavy atom. The standard InChI is InChI=1S/2C68H43N7/c1-5-19-42(20-6-1)63-69-64(43-21-7-2-8-22-43)71-66(70-63)46-33-36-53-57(40-46)61-51-29-14-15-30-52(51)62(53)58-41-47(34-37-54(58)61)67-72-65(44-23-9-3-10-24-44)73-68(74-67)55-31-16-13-27-49(55)45-35-38-60-56(39-45)50-28-17-18-32-59(50)75(60)48-25-11-4-12-26-48;1-5-18-42(19-6-1)63-69-64(43-20-7-2-8-21-43)72-67(71-63)48-32-35-54-57(40-48)61-52-29-13-14-30-53(52)62(54)58-41-49(33-36-55(58)61)68-73-65(44-22-9-3-10-23-44)70-66(74-68)47-25-17-24-45(38-47)46-34-37-60-56(39-46)51-28-15-16-31-59(51)75(60)50-26-11-4-12-27-50/h2*1-41,61-62H. The smallest absolute Gasteiger partial charge is 0.164 e. The van der Waals surface area contributed by atoms with E-state index in [9.17, 15) is 0 Å². The maximum Gasteiger partial charge on any atom is 0.164 e. The van der Waals surface area contributed by atoms with Crippen LogP contribution < -0.4 is 0 Å². The molecule has 0 aliphatic heterocycles. The van der Waals surface area contributed by atoms with Crippen LogP contribution in [0.2, 0.25) is 0 Å². The molecule has 6 heterocycles. The van der Waals surface area contributed by atoms with Gasteiger partial charge in [0, 0.05) is 123 Å². The molecule has 0 radical (unpaired) electrons. The van der Waals surface area contributed by atoms with Gasteiger partial charge in [-0.1, -0.05) is 406 Å². The molecule has 4 atom stereocenters. The number of hydrogen-bond acceptors (Lipinski definition) is 12. The monoisotopic (exact) mass is 1910 g/mol. The van der Waals surface area contributed by atoms with Gasteiger partial charge in [0.25, 0.3) is 0 Å². The summed E-state index contributed by atoms with van der Waals surface area (Å²) < 4.78 is 4.70. The number of hydrogen-bond donors (Lipinski definition) is 0. The van der Waals surface area contributed by atoms with Crippen LogP contribution in [0.25, 0.3) is 214 Å². The zero-order chi connectivity index (χ0) is 98.8. The van der Waals surface area contributed by atoms with E-state index in [1.54, 1.807) is 0 Å². The molecule has 0 N–H and O–H groups in total. The van der Waals surface area contributed by atoms with E-state index in [0.717, 1.165) is 106 Å². The first kappa shape index (κ1) is 86.7. The number of benzene rings is 20. The third-order valence-corrected chi connectivity index (χ3v) is 30.1. The molecule has 14 nitrogen and oxygen atoms in total. The fourth-order valence-electron chi connectivity index (χ4n) is 23.3. The number of nitrogens with zero attached hydrogens (tertiary/aromatic N) is 14. The quantitative estimate of drug-likeness (QED) is 0.0900. The van der Waals surface area contributed by atoms with Crippen molar-refractivity contribution in [1.29, 1.82) is 0 Å². The van der Waals surface area contributed by atoms with Crippen molar-refractivity contribution in [2.75, 3.05) is 0 Å². The summed E-state index contributed by atoms with van der Waals surface area (Å²) in [4.78, 5) is 62.1. The normalized spacial score (nSPS) is 14.1. The van der Waals surface area contributed by atoms with Crippen molar-refractivity contribution in [1.82, 2.24) is 68.9 Å². The van der Waals surface area contributed by atoms with E-state index in [1.807, 2.05) is 109 Å². The Hall–Kier alpha value is -20.0. The van der Waals surface area contributed by atoms with Crippen LogP contribution >= 0.6 is 0 Å². The van der Waals surface area contributed by atoms with E-state index in [-0.39, 0.29) is 23.7 Å². The number of para-hydroxylation sites is 4. The summed E-state index contributed by atoms with van der Waals surface area (Å²) in [6, 6.07) is 175. The Morgan fingerprint density at radius 3 is 0.660 bits per heavy atom. The van der Waals surface area contributed by atoms with Crippen molar-refractivity contribution in [2.24, 2.45) is 0 Å². The fourth-order valence-corrected chi connectivity index (χ4v) is 23.3. The average molecular weight is 1920 g/mol. The molecule has 4 bridgehead atoms. The van der Waals surface area contributed by atoms with Crippen molar-refractivity contribution in [3.8, 4) is 170 Å². The average Bonchev–Trinajstić information content (AvgIpc) is 1.14. The lowest BCUT2D eigenvalue weighted by molar-refractivity contribution is 0.754. The highest BCUT2D eigenvalue weighted by Crippen LogP contribution is 2.60. The first-order chi connectivity index (χ1) is 74.3. The van der Waals surface area contributed by atoms with Gasteiger partial charge in [-0.2, -0.15) is 0 Å². The zero-order valence-corrected chi connectivity index (χ0v) is 80.9. The minimum Gasteiger partial charge on any atom is -0.309 e. The third kappa shape index (κ3) is 15.0. The van der Waals surface area contributed by atoms with Gasteiger partial charge >= 0.3 is 0 Å². The molecule has 26 aromatic rings. The van der Waals surface area contributed by atoms with Gasteiger partial charge in [0.2, 0.25) is 0 Å². The Bertz CT molecular complexity index is 9730. The highest BCUT2D eigenvalue weighted by molar-refractivity contribution is 6.12. The topological polar surface area (TPSA) is 165 Å². The second-order valence-electron chi connectivity index (χ2n) is 38.8. The molecule has 6 aliphatic carbocycles. The predicted molar refractivity (Wildman–Crippen MR) is 601 cm³/mol. The molecular formula is C136H86N14. The third-order valence-electron chi connectivity index (χ3n) is 30.1. The molecule has 6 aromatic heterocycles. The Kier molecular flexibility index (Phi) is 20.9. The second-order valence-corrected chi connectivity index (χ2v) is 38.8. The number of rotatable bonds is 16. The van der Waals surface area contributed by atoms with E-state index in [0.29, 0.717) is 69.9 Å². The van der Waals surface area contributed by atoms with Crippen molar-refractivity contribution >= 4 is 43.6 Å². The van der Waals surface area contributed by atoms with Crippen LogP contribution in [-0.4, -0.2) is 68.9 Å². The molecule has 6 aliphatic rings.